The predicted octanol–water partition coefficient (Wildman–Crippen LogP) is 6.40. The van der Waals surface area contributed by atoms with E-state index < -0.39 is 5.97 Å². The number of hydrogen-bond acceptors (Lipinski definition) is 9. The first-order valence-electron chi connectivity index (χ1n) is 13.3. The fraction of sp³-hybridized carbons (Fsp3) is 0.367. The smallest absolute Gasteiger partial charge is 0.341 e. The Balaban J connectivity index is 1.53. The number of nitrogen functional groups attached to an aromatic ring is 1. The number of thiophene rings is 1. The van der Waals surface area contributed by atoms with Crippen molar-refractivity contribution in [2.75, 3.05) is 23.4 Å². The number of nitrogens with one attached hydrogen (secondary N) is 1. The number of fused-ring (bicyclic) bond motifs is 1. The number of nitriles is 2. The van der Waals surface area contributed by atoms with Crippen LogP contribution >= 0.6 is 23.1 Å². The molecule has 10 heteroatoms. The van der Waals surface area contributed by atoms with E-state index in [1.807, 2.05) is 31.2 Å². The number of carbonyl (C=O) groups is 2. The SMILES string of the molecule is CCOC(=O)c1c(NC(=O)CCSc2nc(N)c(C#N)c(-c3ccc(C)cc3)c2C#N)sc2c1CCCCCC2. The molecule has 0 atom stereocenters. The van der Waals surface area contributed by atoms with E-state index in [1.54, 1.807) is 6.92 Å². The summed E-state index contributed by atoms with van der Waals surface area (Å²) in [6, 6.07) is 11.8. The van der Waals surface area contributed by atoms with Gasteiger partial charge in [-0.25, -0.2) is 9.78 Å². The minimum Gasteiger partial charge on any atom is -0.462 e. The molecule has 0 spiro atoms. The van der Waals surface area contributed by atoms with Crippen molar-refractivity contribution in [3.63, 3.8) is 0 Å². The van der Waals surface area contributed by atoms with Crippen molar-refractivity contribution in [3.05, 3.63) is 57.0 Å². The second-order valence-electron chi connectivity index (χ2n) is 9.51. The summed E-state index contributed by atoms with van der Waals surface area (Å²) in [6.07, 6.45) is 6.18. The van der Waals surface area contributed by atoms with Crippen LogP contribution in [0.5, 0.6) is 0 Å². The number of carbonyl (C=O) groups excluding carboxylic acids is 2. The first-order chi connectivity index (χ1) is 19.4. The Morgan fingerprint density at radius 2 is 1.80 bits per heavy atom. The fourth-order valence-electron chi connectivity index (χ4n) is 4.77. The lowest BCUT2D eigenvalue weighted by Gasteiger charge is -2.13. The number of thioether (sulfide) groups is 1. The molecule has 0 unspecified atom stereocenters. The maximum absolute atomic E-state index is 13.0. The van der Waals surface area contributed by atoms with Crippen LogP contribution in [0.25, 0.3) is 11.1 Å². The Morgan fingerprint density at radius 1 is 1.10 bits per heavy atom. The topological polar surface area (TPSA) is 142 Å². The Hall–Kier alpha value is -3.86. The Kier molecular flexibility index (Phi) is 9.81. The monoisotopic (exact) mass is 573 g/mol. The lowest BCUT2D eigenvalue weighted by atomic mass is 9.96. The Labute approximate surface area is 242 Å². The number of nitrogens with two attached hydrogens (primary N) is 1. The summed E-state index contributed by atoms with van der Waals surface area (Å²) in [7, 11) is 0. The molecule has 3 N–H and O–H groups in total. The summed E-state index contributed by atoms with van der Waals surface area (Å²) in [5.74, 6) is -0.276. The quantitative estimate of drug-likeness (QED) is 0.233. The van der Waals surface area contributed by atoms with Crippen molar-refractivity contribution in [2.45, 2.75) is 63.8 Å². The van der Waals surface area contributed by atoms with Crippen LogP contribution in [0.15, 0.2) is 29.3 Å². The van der Waals surface area contributed by atoms with Gasteiger partial charge in [-0.1, -0.05) is 42.7 Å². The second kappa shape index (κ2) is 13.5. The van der Waals surface area contributed by atoms with Gasteiger partial charge >= 0.3 is 5.97 Å². The second-order valence-corrected chi connectivity index (χ2v) is 11.7. The van der Waals surface area contributed by atoms with Crippen LogP contribution in [-0.2, 0) is 22.4 Å². The first kappa shape index (κ1) is 29.1. The van der Waals surface area contributed by atoms with Crippen molar-refractivity contribution in [1.29, 1.82) is 10.5 Å². The molecule has 1 amide bonds. The molecule has 206 valence electrons. The van der Waals surface area contributed by atoms with E-state index in [9.17, 15) is 20.1 Å². The van der Waals surface area contributed by atoms with Gasteiger partial charge in [0.2, 0.25) is 5.91 Å². The highest BCUT2D eigenvalue weighted by Gasteiger charge is 2.26. The molecular formula is C30H31N5O3S2. The van der Waals surface area contributed by atoms with Crippen LogP contribution in [-0.4, -0.2) is 29.2 Å². The maximum atomic E-state index is 13.0. The summed E-state index contributed by atoms with van der Waals surface area (Å²) >= 11 is 2.70. The third kappa shape index (κ3) is 6.47. The third-order valence-corrected chi connectivity index (χ3v) is 8.91. The molecule has 1 aliphatic carbocycles. The number of esters is 1. The number of aromatic nitrogens is 1. The molecule has 3 aromatic rings. The van der Waals surface area contributed by atoms with Gasteiger partial charge in [-0.3, -0.25) is 4.79 Å². The zero-order chi connectivity index (χ0) is 28.6. The highest BCUT2D eigenvalue weighted by atomic mass is 32.2. The van der Waals surface area contributed by atoms with Crippen molar-refractivity contribution >= 4 is 45.8 Å². The van der Waals surface area contributed by atoms with Gasteiger partial charge in [0.1, 0.15) is 33.5 Å². The average molecular weight is 574 g/mol. The van der Waals surface area contributed by atoms with E-state index in [1.165, 1.54) is 23.1 Å². The Bertz CT molecular complexity index is 1500. The highest BCUT2D eigenvalue weighted by Crippen LogP contribution is 2.38. The lowest BCUT2D eigenvalue weighted by molar-refractivity contribution is -0.115. The fourth-order valence-corrected chi connectivity index (χ4v) is 7.00. The zero-order valence-electron chi connectivity index (χ0n) is 22.6. The summed E-state index contributed by atoms with van der Waals surface area (Å²) < 4.78 is 5.33. The number of aryl methyl sites for hydroxylation is 2. The number of hydrogen-bond donors (Lipinski definition) is 2. The van der Waals surface area contributed by atoms with Crippen LogP contribution in [0.1, 0.15) is 76.5 Å². The van der Waals surface area contributed by atoms with Crippen LogP contribution in [0.4, 0.5) is 10.8 Å². The van der Waals surface area contributed by atoms with Crippen molar-refractivity contribution in [2.24, 2.45) is 0 Å². The van der Waals surface area contributed by atoms with Gasteiger partial charge in [0.05, 0.1) is 17.7 Å². The molecule has 40 heavy (non-hydrogen) atoms. The number of amides is 1. The standard InChI is InChI=1S/C30H31N5O3S2/c1-3-38-30(37)26-20-8-6-4-5-7-9-23(20)40-29(26)34-24(36)14-15-39-28-22(17-32)25(21(16-31)27(33)35-28)19-12-10-18(2)11-13-19/h10-13H,3-9,14-15H2,1-2H3,(H2,33,35)(H,34,36). The molecule has 0 aliphatic heterocycles. The number of anilines is 2. The first-order valence-corrected chi connectivity index (χ1v) is 15.1. The van der Waals surface area contributed by atoms with Crippen molar-refractivity contribution < 1.29 is 14.3 Å². The van der Waals surface area contributed by atoms with Crippen LogP contribution in [0, 0.1) is 29.6 Å². The van der Waals surface area contributed by atoms with Crippen LogP contribution in [0.2, 0.25) is 0 Å². The molecule has 0 saturated carbocycles. The van der Waals surface area contributed by atoms with Gasteiger partial charge in [0.25, 0.3) is 0 Å². The molecule has 0 radical (unpaired) electrons. The van der Waals surface area contributed by atoms with E-state index in [2.05, 4.69) is 22.4 Å². The van der Waals surface area contributed by atoms with E-state index in [-0.39, 0.29) is 35.9 Å². The molecule has 0 fully saturated rings. The minimum absolute atomic E-state index is 0.0408. The van der Waals surface area contributed by atoms with Crippen LogP contribution in [0.3, 0.4) is 0 Å². The molecule has 1 aromatic carbocycles. The van der Waals surface area contributed by atoms with E-state index in [4.69, 9.17) is 10.5 Å². The van der Waals surface area contributed by atoms with E-state index >= 15 is 0 Å². The summed E-state index contributed by atoms with van der Waals surface area (Å²) in [5.41, 5.74) is 10.2. The molecule has 8 nitrogen and oxygen atoms in total. The van der Waals surface area contributed by atoms with Crippen molar-refractivity contribution in [1.82, 2.24) is 4.98 Å². The van der Waals surface area contributed by atoms with E-state index in [0.29, 0.717) is 32.5 Å². The van der Waals surface area contributed by atoms with Crippen LogP contribution < -0.4 is 11.1 Å². The molecule has 2 aromatic heterocycles. The zero-order valence-corrected chi connectivity index (χ0v) is 24.3. The van der Waals surface area contributed by atoms with Gasteiger partial charge in [0.15, 0.2) is 0 Å². The number of pyridine rings is 1. The summed E-state index contributed by atoms with van der Waals surface area (Å²) in [6.45, 7) is 3.99. The van der Waals surface area contributed by atoms with Gasteiger partial charge in [-0.2, -0.15) is 10.5 Å². The number of ether oxygens (including phenoxy) is 1. The highest BCUT2D eigenvalue weighted by molar-refractivity contribution is 7.99. The number of rotatable bonds is 8. The van der Waals surface area contributed by atoms with Gasteiger partial charge in [0, 0.05) is 22.6 Å². The molecule has 0 bridgehead atoms. The lowest BCUT2D eigenvalue weighted by Crippen LogP contribution is -2.16. The average Bonchev–Trinajstić information content (AvgIpc) is 3.24. The molecule has 2 heterocycles. The maximum Gasteiger partial charge on any atom is 0.341 e. The van der Waals surface area contributed by atoms with Gasteiger partial charge in [-0.05, 0) is 50.7 Å². The number of benzene rings is 1. The largest absolute Gasteiger partial charge is 0.462 e. The third-order valence-electron chi connectivity index (χ3n) is 6.73. The summed E-state index contributed by atoms with van der Waals surface area (Å²) in [4.78, 5) is 31.3. The minimum atomic E-state index is -0.398. The van der Waals surface area contributed by atoms with E-state index in [0.717, 1.165) is 54.5 Å². The van der Waals surface area contributed by atoms with Gasteiger partial charge in [-0.15, -0.1) is 23.1 Å². The molecule has 4 rings (SSSR count). The molecule has 1 aliphatic rings. The molecule has 0 saturated heterocycles. The normalized spacial score (nSPS) is 12.8. The van der Waals surface area contributed by atoms with Gasteiger partial charge < -0.3 is 15.8 Å². The predicted molar refractivity (Wildman–Crippen MR) is 158 cm³/mol. The summed E-state index contributed by atoms with van der Waals surface area (Å²) in [5, 5.41) is 23.6. The Morgan fingerprint density at radius 3 is 2.48 bits per heavy atom. The molecular weight excluding hydrogens is 542 g/mol. The number of nitrogens with zero attached hydrogens (tertiary/aromatic N) is 3. The van der Waals surface area contributed by atoms with Crippen molar-refractivity contribution in [3.8, 4) is 23.3 Å².